The molecule has 2 fully saturated rings. The lowest BCUT2D eigenvalue weighted by atomic mass is 9.91. The molecule has 0 atom stereocenters. The number of piperidine rings is 1. The average Bonchev–Trinajstić information content (AvgIpc) is 3.56. The minimum absolute atomic E-state index is 0.264. The Hall–Kier alpha value is -2.99. The van der Waals surface area contributed by atoms with Gasteiger partial charge in [-0.3, -0.25) is 4.79 Å². The van der Waals surface area contributed by atoms with Crippen LogP contribution in [-0.4, -0.2) is 47.7 Å². The Morgan fingerprint density at radius 1 is 1.06 bits per heavy atom. The lowest BCUT2D eigenvalue weighted by Gasteiger charge is -2.34. The number of hydrogen-bond donors (Lipinski definition) is 0. The molecule has 1 saturated carbocycles. The smallest absolute Gasteiger partial charge is 0.233 e. The van der Waals surface area contributed by atoms with Crippen molar-refractivity contribution in [2.24, 2.45) is 0 Å². The Bertz CT molecular complexity index is 1140. The van der Waals surface area contributed by atoms with Crippen LogP contribution in [-0.2, 0) is 16.8 Å². The second kappa shape index (κ2) is 9.34. The lowest BCUT2D eigenvalue weighted by Crippen LogP contribution is -2.44. The Morgan fingerprint density at radius 3 is 2.29 bits per heavy atom. The monoisotopic (exact) mass is 479 g/mol. The van der Waals surface area contributed by atoms with E-state index in [1.807, 2.05) is 54.9 Å². The molecule has 6 nitrogen and oxygen atoms in total. The first-order valence-electron chi connectivity index (χ1n) is 11.8. The van der Waals surface area contributed by atoms with E-state index in [1.165, 1.54) is 0 Å². The maximum absolute atomic E-state index is 13.4. The largest absolute Gasteiger partial charge is 0.497 e. The van der Waals surface area contributed by atoms with Crippen molar-refractivity contribution >= 4 is 17.5 Å². The van der Waals surface area contributed by atoms with Gasteiger partial charge >= 0.3 is 0 Å². The first kappa shape index (κ1) is 22.8. The Balaban J connectivity index is 1.25. The first-order chi connectivity index (χ1) is 16.5. The summed E-state index contributed by atoms with van der Waals surface area (Å²) < 4.78 is 13.0. The number of hydrogen-bond acceptors (Lipinski definition) is 4. The molecule has 1 amide bonds. The molecule has 0 bridgehead atoms. The topological polar surface area (TPSA) is 56.6 Å². The SMILES string of the molecule is COc1cc(Cn2ccnc2C2CCN(C(=O)C3(c4ccc(Cl)cc4)CC3)CC2)cc(OC)c1. The fraction of sp³-hybridized carbons (Fsp3) is 0.407. The van der Waals surface area contributed by atoms with Gasteiger partial charge in [0.25, 0.3) is 0 Å². The van der Waals surface area contributed by atoms with Gasteiger partial charge in [0.15, 0.2) is 0 Å². The fourth-order valence-electron chi connectivity index (χ4n) is 5.13. The van der Waals surface area contributed by atoms with Crippen LogP contribution in [0.25, 0.3) is 0 Å². The molecule has 3 aromatic rings. The van der Waals surface area contributed by atoms with Crippen LogP contribution in [0.15, 0.2) is 54.9 Å². The fourth-order valence-corrected chi connectivity index (χ4v) is 5.26. The number of carbonyl (C=O) groups excluding carboxylic acids is 1. The van der Waals surface area contributed by atoms with E-state index in [0.717, 1.165) is 67.2 Å². The predicted octanol–water partition coefficient (Wildman–Crippen LogP) is 5.04. The minimum atomic E-state index is -0.346. The molecule has 0 unspecified atom stereocenters. The standard InChI is InChI=1S/C27H30ClN3O3/c1-33-23-15-19(16-24(17-23)34-2)18-31-14-11-29-25(31)20-7-12-30(13-8-20)26(32)27(9-10-27)21-3-5-22(28)6-4-21/h3-6,11,14-17,20H,7-10,12-13,18H2,1-2H3. The van der Waals surface area contributed by atoms with Gasteiger partial charge in [0.1, 0.15) is 17.3 Å². The third kappa shape index (κ3) is 4.39. The number of aromatic nitrogens is 2. The van der Waals surface area contributed by atoms with Crippen LogP contribution < -0.4 is 9.47 Å². The average molecular weight is 480 g/mol. The number of benzene rings is 2. The van der Waals surface area contributed by atoms with Gasteiger partial charge in [-0.15, -0.1) is 0 Å². The Kier molecular flexibility index (Phi) is 6.26. The third-order valence-electron chi connectivity index (χ3n) is 7.22. The van der Waals surface area contributed by atoms with Gasteiger partial charge in [0.05, 0.1) is 19.6 Å². The van der Waals surface area contributed by atoms with E-state index in [2.05, 4.69) is 9.47 Å². The summed E-state index contributed by atoms with van der Waals surface area (Å²) >= 11 is 6.05. The molecule has 2 aromatic carbocycles. The van der Waals surface area contributed by atoms with Crippen LogP contribution in [0.1, 0.15) is 48.6 Å². The van der Waals surface area contributed by atoms with E-state index < -0.39 is 0 Å². The van der Waals surface area contributed by atoms with E-state index in [1.54, 1.807) is 14.2 Å². The Labute approximate surface area is 205 Å². The number of ether oxygens (including phenoxy) is 2. The summed E-state index contributed by atoms with van der Waals surface area (Å²) in [6.45, 7) is 2.22. The van der Waals surface area contributed by atoms with Crippen molar-refractivity contribution in [1.82, 2.24) is 14.5 Å². The van der Waals surface area contributed by atoms with Crippen molar-refractivity contribution in [3.05, 3.63) is 76.8 Å². The molecule has 1 aromatic heterocycles. The second-order valence-corrected chi connectivity index (χ2v) is 9.73. The van der Waals surface area contributed by atoms with Crippen LogP contribution in [0.5, 0.6) is 11.5 Å². The molecule has 1 aliphatic carbocycles. The molecule has 0 spiro atoms. The summed E-state index contributed by atoms with van der Waals surface area (Å²) in [5.74, 6) is 3.22. The lowest BCUT2D eigenvalue weighted by molar-refractivity contribution is -0.135. The highest BCUT2D eigenvalue weighted by Crippen LogP contribution is 2.50. The number of rotatable bonds is 7. The molecule has 34 heavy (non-hydrogen) atoms. The van der Waals surface area contributed by atoms with Crippen LogP contribution in [0, 0.1) is 0 Å². The number of likely N-dealkylation sites (tertiary alicyclic amines) is 1. The van der Waals surface area contributed by atoms with Gasteiger partial charge in [-0.2, -0.15) is 0 Å². The molecule has 0 N–H and O–H groups in total. The maximum Gasteiger partial charge on any atom is 0.233 e. The number of halogens is 1. The highest BCUT2D eigenvalue weighted by atomic mass is 35.5. The van der Waals surface area contributed by atoms with E-state index in [4.69, 9.17) is 26.1 Å². The van der Waals surface area contributed by atoms with E-state index >= 15 is 0 Å². The van der Waals surface area contributed by atoms with Crippen LogP contribution in [0.3, 0.4) is 0 Å². The third-order valence-corrected chi connectivity index (χ3v) is 7.47. The molecule has 0 radical (unpaired) electrons. The molecule has 178 valence electrons. The summed E-state index contributed by atoms with van der Waals surface area (Å²) in [7, 11) is 3.32. The predicted molar refractivity (Wildman–Crippen MR) is 132 cm³/mol. The number of methoxy groups -OCH3 is 2. The minimum Gasteiger partial charge on any atom is -0.497 e. The van der Waals surface area contributed by atoms with Crippen molar-refractivity contribution in [3.8, 4) is 11.5 Å². The van der Waals surface area contributed by atoms with Crippen molar-refractivity contribution in [2.75, 3.05) is 27.3 Å². The highest BCUT2D eigenvalue weighted by molar-refractivity contribution is 6.30. The number of carbonyl (C=O) groups is 1. The maximum atomic E-state index is 13.4. The summed E-state index contributed by atoms with van der Waals surface area (Å²) in [4.78, 5) is 20.2. The molecular weight excluding hydrogens is 450 g/mol. The molecule has 7 heteroatoms. The van der Waals surface area contributed by atoms with Gasteiger partial charge in [-0.1, -0.05) is 23.7 Å². The molecule has 2 heterocycles. The molecular formula is C27H30ClN3O3. The van der Waals surface area contributed by atoms with Crippen LogP contribution in [0.2, 0.25) is 5.02 Å². The molecule has 5 rings (SSSR count). The van der Waals surface area contributed by atoms with Crippen molar-refractivity contribution in [3.63, 3.8) is 0 Å². The van der Waals surface area contributed by atoms with Gasteiger partial charge in [0, 0.05) is 49.0 Å². The first-order valence-corrected chi connectivity index (χ1v) is 12.2. The summed E-state index contributed by atoms with van der Waals surface area (Å²) in [5, 5.41) is 0.704. The van der Waals surface area contributed by atoms with Crippen molar-refractivity contribution in [1.29, 1.82) is 0 Å². The number of imidazole rings is 1. The highest BCUT2D eigenvalue weighted by Gasteiger charge is 2.53. The van der Waals surface area contributed by atoms with Gasteiger partial charge in [-0.25, -0.2) is 4.98 Å². The molecule has 2 aliphatic rings. The van der Waals surface area contributed by atoms with E-state index in [-0.39, 0.29) is 11.3 Å². The van der Waals surface area contributed by atoms with Crippen molar-refractivity contribution < 1.29 is 14.3 Å². The zero-order valence-corrected chi connectivity index (χ0v) is 20.4. The second-order valence-electron chi connectivity index (χ2n) is 9.29. The van der Waals surface area contributed by atoms with Crippen LogP contribution >= 0.6 is 11.6 Å². The molecule has 1 aliphatic heterocycles. The van der Waals surface area contributed by atoms with Crippen LogP contribution in [0.4, 0.5) is 0 Å². The summed E-state index contributed by atoms with van der Waals surface area (Å²) in [5.41, 5.74) is 1.84. The summed E-state index contributed by atoms with van der Waals surface area (Å²) in [6, 6.07) is 13.7. The molecule has 1 saturated heterocycles. The summed E-state index contributed by atoms with van der Waals surface area (Å²) in [6.07, 6.45) is 7.56. The van der Waals surface area contributed by atoms with Crippen molar-refractivity contribution in [2.45, 2.75) is 43.6 Å². The Morgan fingerprint density at radius 2 is 1.71 bits per heavy atom. The van der Waals surface area contributed by atoms with Gasteiger partial charge in [0.2, 0.25) is 5.91 Å². The van der Waals surface area contributed by atoms with Gasteiger partial charge < -0.3 is 18.9 Å². The zero-order chi connectivity index (χ0) is 23.7. The van der Waals surface area contributed by atoms with E-state index in [0.29, 0.717) is 17.5 Å². The van der Waals surface area contributed by atoms with Gasteiger partial charge in [-0.05, 0) is 61.1 Å². The number of nitrogens with zero attached hydrogens (tertiary/aromatic N) is 3. The van der Waals surface area contributed by atoms with E-state index in [9.17, 15) is 4.79 Å². The number of amides is 1. The normalized spacial score (nSPS) is 17.4. The zero-order valence-electron chi connectivity index (χ0n) is 19.7. The quantitative estimate of drug-likeness (QED) is 0.476.